The van der Waals surface area contributed by atoms with Gasteiger partial charge in [0.25, 0.3) is 0 Å². The normalized spacial score (nSPS) is 14.9. The van der Waals surface area contributed by atoms with E-state index in [1.165, 1.54) is 0 Å². The van der Waals surface area contributed by atoms with Gasteiger partial charge in [-0.3, -0.25) is 4.57 Å². The van der Waals surface area contributed by atoms with Crippen molar-refractivity contribution >= 4 is 22.2 Å². The number of ether oxygens (including phenoxy) is 1. The molecule has 1 aliphatic rings. The molecule has 4 rings (SSSR count). The summed E-state index contributed by atoms with van der Waals surface area (Å²) in [5.41, 5.74) is 2.21. The van der Waals surface area contributed by atoms with E-state index in [0.717, 1.165) is 60.1 Å². The Kier molecular flexibility index (Phi) is 6.31. The van der Waals surface area contributed by atoms with E-state index < -0.39 is 0 Å². The largest absolute Gasteiger partial charge is 0.494 e. The van der Waals surface area contributed by atoms with Gasteiger partial charge in [0.1, 0.15) is 5.75 Å². The molecule has 3 aromatic rings. The van der Waals surface area contributed by atoms with Gasteiger partial charge in [-0.2, -0.15) is 0 Å². The average Bonchev–Trinajstić information content (AvgIpc) is 3.43. The average molecular weight is 413 g/mol. The Bertz CT molecular complexity index is 898. The van der Waals surface area contributed by atoms with Crippen molar-refractivity contribution in [2.45, 2.75) is 20.4 Å². The topological polar surface area (TPSA) is 58.5 Å². The Balaban J connectivity index is 1.40. The summed E-state index contributed by atoms with van der Waals surface area (Å²) in [4.78, 5) is 4.81. The van der Waals surface area contributed by atoms with E-state index >= 15 is 0 Å². The van der Waals surface area contributed by atoms with Crippen molar-refractivity contribution in [1.82, 2.24) is 19.7 Å². The zero-order valence-electron chi connectivity index (χ0n) is 17.0. The van der Waals surface area contributed by atoms with E-state index in [4.69, 9.17) is 4.74 Å². The van der Waals surface area contributed by atoms with E-state index in [9.17, 15) is 0 Å². The molecule has 0 aliphatic carbocycles. The smallest absolute Gasteiger partial charge is 0.218 e. The fraction of sp³-hybridized carbons (Fsp3) is 0.429. The quantitative estimate of drug-likeness (QED) is 0.611. The minimum absolute atomic E-state index is 0.679. The second-order valence-electron chi connectivity index (χ2n) is 6.97. The van der Waals surface area contributed by atoms with E-state index in [0.29, 0.717) is 13.2 Å². The van der Waals surface area contributed by atoms with Gasteiger partial charge in [-0.1, -0.05) is 18.3 Å². The molecule has 0 atom stereocenters. The zero-order chi connectivity index (χ0) is 20.1. The van der Waals surface area contributed by atoms with Crippen molar-refractivity contribution in [3.05, 3.63) is 48.3 Å². The highest BCUT2D eigenvalue weighted by Gasteiger charge is 2.20. The summed E-state index contributed by atoms with van der Waals surface area (Å²) >= 11 is 1.65. The number of hydrogen-bond acceptors (Lipinski definition) is 7. The lowest BCUT2D eigenvalue weighted by atomic mass is 10.3. The second-order valence-corrected chi connectivity index (χ2v) is 7.90. The third kappa shape index (κ3) is 4.71. The minimum atomic E-state index is 0.679. The van der Waals surface area contributed by atoms with E-state index in [2.05, 4.69) is 55.1 Å². The van der Waals surface area contributed by atoms with Gasteiger partial charge in [0.05, 0.1) is 13.2 Å². The third-order valence-electron chi connectivity index (χ3n) is 5.17. The van der Waals surface area contributed by atoms with Crippen LogP contribution in [0.3, 0.4) is 0 Å². The number of likely N-dealkylation sites (N-methyl/N-ethyl adjacent to an activating group) is 1. The molecule has 0 saturated carbocycles. The first-order chi connectivity index (χ1) is 14.3. The van der Waals surface area contributed by atoms with Gasteiger partial charge < -0.3 is 19.9 Å². The number of rotatable bonds is 8. The third-order valence-corrected chi connectivity index (χ3v) is 6.16. The fourth-order valence-electron chi connectivity index (χ4n) is 3.46. The number of hydrogen-bond donors (Lipinski definition) is 1. The van der Waals surface area contributed by atoms with Crippen molar-refractivity contribution < 1.29 is 4.74 Å². The van der Waals surface area contributed by atoms with Crippen LogP contribution in [0.15, 0.2) is 42.6 Å². The molecule has 0 unspecified atom stereocenters. The summed E-state index contributed by atoms with van der Waals surface area (Å²) in [6.07, 6.45) is 2.05. The lowest BCUT2D eigenvalue weighted by Gasteiger charge is -2.33. The molecule has 0 amide bonds. The summed E-state index contributed by atoms with van der Waals surface area (Å²) in [5.74, 6) is 0.891. The van der Waals surface area contributed by atoms with Gasteiger partial charge in [0, 0.05) is 43.8 Å². The molecule has 29 heavy (non-hydrogen) atoms. The molecular formula is C21H28N6OS. The minimum Gasteiger partial charge on any atom is -0.494 e. The predicted octanol–water partition coefficient (Wildman–Crippen LogP) is 3.48. The standard InChI is InChI=1S/C21H28N6OS/c1-3-25-12-14-26(15-13-25)20-23-24-21(29-20)27-11-5-6-18(27)16-22-17-7-9-19(10-8-17)28-4-2/h5-11,22H,3-4,12-16H2,1-2H3. The highest BCUT2D eigenvalue weighted by Crippen LogP contribution is 2.26. The van der Waals surface area contributed by atoms with Gasteiger partial charge in [-0.25, -0.2) is 0 Å². The van der Waals surface area contributed by atoms with E-state index in [1.54, 1.807) is 11.3 Å². The summed E-state index contributed by atoms with van der Waals surface area (Å²) in [7, 11) is 0. The molecule has 1 saturated heterocycles. The Morgan fingerprint density at radius 2 is 1.76 bits per heavy atom. The lowest BCUT2D eigenvalue weighted by Crippen LogP contribution is -2.46. The van der Waals surface area contributed by atoms with Crippen molar-refractivity contribution in [1.29, 1.82) is 0 Å². The Morgan fingerprint density at radius 3 is 2.48 bits per heavy atom. The van der Waals surface area contributed by atoms with Crippen molar-refractivity contribution in [3.63, 3.8) is 0 Å². The molecule has 1 aromatic carbocycles. The summed E-state index contributed by atoms with van der Waals surface area (Å²) < 4.78 is 7.62. The van der Waals surface area contributed by atoms with Crippen LogP contribution >= 0.6 is 11.3 Å². The summed E-state index contributed by atoms with van der Waals surface area (Å²) in [6, 6.07) is 12.2. The summed E-state index contributed by atoms with van der Waals surface area (Å²) in [6.45, 7) is 10.9. The van der Waals surface area contributed by atoms with Crippen LogP contribution in [-0.4, -0.2) is 59.0 Å². The van der Waals surface area contributed by atoms with Gasteiger partial charge in [-0.05, 0) is 49.9 Å². The molecule has 7 nitrogen and oxygen atoms in total. The fourth-order valence-corrected chi connectivity index (χ4v) is 4.38. The molecule has 3 heterocycles. The van der Waals surface area contributed by atoms with Crippen molar-refractivity contribution in [3.8, 4) is 10.9 Å². The van der Waals surface area contributed by atoms with E-state index in [1.807, 2.05) is 31.2 Å². The zero-order valence-corrected chi connectivity index (χ0v) is 17.9. The van der Waals surface area contributed by atoms with Gasteiger partial charge in [0.2, 0.25) is 10.3 Å². The van der Waals surface area contributed by atoms with Crippen LogP contribution in [0.2, 0.25) is 0 Å². The molecule has 0 bridgehead atoms. The van der Waals surface area contributed by atoms with E-state index in [-0.39, 0.29) is 0 Å². The molecular weight excluding hydrogens is 384 g/mol. The number of aromatic nitrogens is 3. The van der Waals surface area contributed by atoms with Crippen molar-refractivity contribution in [2.24, 2.45) is 0 Å². The Labute approximate surface area is 175 Å². The van der Waals surface area contributed by atoms with Crippen LogP contribution in [0.4, 0.5) is 10.8 Å². The van der Waals surface area contributed by atoms with Crippen LogP contribution in [0.25, 0.3) is 5.13 Å². The lowest BCUT2D eigenvalue weighted by molar-refractivity contribution is 0.271. The number of piperazine rings is 1. The molecule has 1 aliphatic heterocycles. The number of nitrogens with zero attached hydrogens (tertiary/aromatic N) is 5. The van der Waals surface area contributed by atoms with Gasteiger partial charge in [0.15, 0.2) is 0 Å². The van der Waals surface area contributed by atoms with Crippen LogP contribution in [0.1, 0.15) is 19.5 Å². The molecule has 1 N–H and O–H groups in total. The molecule has 8 heteroatoms. The second kappa shape index (κ2) is 9.28. The van der Waals surface area contributed by atoms with Gasteiger partial charge >= 0.3 is 0 Å². The maximum atomic E-state index is 5.50. The number of benzene rings is 1. The van der Waals surface area contributed by atoms with Crippen LogP contribution in [0.5, 0.6) is 5.75 Å². The molecule has 0 radical (unpaired) electrons. The van der Waals surface area contributed by atoms with Crippen LogP contribution in [-0.2, 0) is 6.54 Å². The molecule has 0 spiro atoms. The van der Waals surface area contributed by atoms with Crippen LogP contribution < -0.4 is 15.0 Å². The SMILES string of the molecule is CCOc1ccc(NCc2cccn2-c2nnc(N3CCN(CC)CC3)s2)cc1. The van der Waals surface area contributed by atoms with Gasteiger partial charge in [-0.15, -0.1) is 10.2 Å². The maximum absolute atomic E-state index is 5.50. The maximum Gasteiger partial charge on any atom is 0.218 e. The Hall–Kier alpha value is -2.58. The molecule has 154 valence electrons. The predicted molar refractivity (Wildman–Crippen MR) is 119 cm³/mol. The first-order valence-electron chi connectivity index (χ1n) is 10.2. The van der Waals surface area contributed by atoms with Crippen LogP contribution in [0, 0.1) is 0 Å². The highest BCUT2D eigenvalue weighted by atomic mass is 32.1. The summed E-state index contributed by atoms with van der Waals surface area (Å²) in [5, 5.41) is 14.3. The number of nitrogens with one attached hydrogen (secondary N) is 1. The Morgan fingerprint density at radius 1 is 1.00 bits per heavy atom. The first kappa shape index (κ1) is 19.7. The molecule has 1 fully saturated rings. The molecule has 2 aromatic heterocycles. The monoisotopic (exact) mass is 412 g/mol. The van der Waals surface area contributed by atoms with Crippen molar-refractivity contribution in [2.75, 3.05) is 49.5 Å². The first-order valence-corrected chi connectivity index (χ1v) is 11.0. The number of anilines is 2. The highest BCUT2D eigenvalue weighted by molar-refractivity contribution is 7.17.